The van der Waals surface area contributed by atoms with Crippen molar-refractivity contribution in [1.82, 2.24) is 10.3 Å². The van der Waals surface area contributed by atoms with Gasteiger partial charge in [-0.15, -0.1) is 11.3 Å². The molecule has 0 radical (unpaired) electrons. The number of amides is 2. The largest absolute Gasteiger partial charge is 0.369 e. The van der Waals surface area contributed by atoms with E-state index >= 15 is 0 Å². The van der Waals surface area contributed by atoms with Crippen molar-refractivity contribution in [2.45, 2.75) is 31.7 Å². The van der Waals surface area contributed by atoms with Gasteiger partial charge in [0, 0.05) is 17.0 Å². The summed E-state index contributed by atoms with van der Waals surface area (Å²) in [4.78, 5) is 28.0. The van der Waals surface area contributed by atoms with Crippen LogP contribution in [0.2, 0.25) is 0 Å². The third-order valence-corrected chi connectivity index (χ3v) is 5.08. The number of carbonyl (C=O) groups excluding carboxylic acids is 2. The van der Waals surface area contributed by atoms with E-state index in [1.807, 2.05) is 5.38 Å². The van der Waals surface area contributed by atoms with Gasteiger partial charge in [-0.1, -0.05) is 6.42 Å². The van der Waals surface area contributed by atoms with Gasteiger partial charge in [-0.3, -0.25) is 9.59 Å². The molecule has 2 atom stereocenters. The number of rotatable bonds is 5. The van der Waals surface area contributed by atoms with Crippen LogP contribution in [0.1, 0.15) is 24.3 Å². The molecule has 1 aliphatic rings. The fourth-order valence-electron chi connectivity index (χ4n) is 3.01. The zero-order valence-corrected chi connectivity index (χ0v) is 13.8. The standard InChI is InChI=1S/C17H18FN3O2S/c18-11-6-4-10(5-7-11)14-9-24-16(21-14)8-15(22)20-13-3-1-2-12(13)17(19)23/h4-7,9,12-13H,1-3,8H2,(H2,19,23)(H,20,22)/t12-,13+/m1/s1. The maximum atomic E-state index is 13.0. The normalized spacial score (nSPS) is 20.0. The predicted octanol–water partition coefficient (Wildman–Crippen LogP) is 2.26. The van der Waals surface area contributed by atoms with E-state index in [1.165, 1.54) is 23.5 Å². The van der Waals surface area contributed by atoms with Crippen LogP contribution in [0.15, 0.2) is 29.6 Å². The number of hydrogen-bond acceptors (Lipinski definition) is 4. The van der Waals surface area contributed by atoms with Crippen molar-refractivity contribution < 1.29 is 14.0 Å². The smallest absolute Gasteiger partial charge is 0.227 e. The number of nitrogens with two attached hydrogens (primary N) is 1. The van der Waals surface area contributed by atoms with Crippen molar-refractivity contribution in [3.8, 4) is 11.3 Å². The Morgan fingerprint density at radius 3 is 2.75 bits per heavy atom. The highest BCUT2D eigenvalue weighted by atomic mass is 32.1. The van der Waals surface area contributed by atoms with Crippen molar-refractivity contribution in [2.75, 3.05) is 0 Å². The van der Waals surface area contributed by atoms with Gasteiger partial charge in [0.15, 0.2) is 0 Å². The molecule has 1 aromatic carbocycles. The van der Waals surface area contributed by atoms with E-state index < -0.39 is 0 Å². The third-order valence-electron chi connectivity index (χ3n) is 4.23. The molecule has 0 aliphatic heterocycles. The maximum absolute atomic E-state index is 13.0. The Morgan fingerprint density at radius 2 is 2.04 bits per heavy atom. The lowest BCUT2D eigenvalue weighted by Gasteiger charge is -2.17. The average molecular weight is 347 g/mol. The monoisotopic (exact) mass is 347 g/mol. The minimum Gasteiger partial charge on any atom is -0.369 e. The number of hydrogen-bond donors (Lipinski definition) is 2. The Bertz CT molecular complexity index is 745. The van der Waals surface area contributed by atoms with Crippen LogP contribution in [0.3, 0.4) is 0 Å². The summed E-state index contributed by atoms with van der Waals surface area (Å²) < 4.78 is 13.0. The molecule has 1 saturated carbocycles. The van der Waals surface area contributed by atoms with Crippen LogP contribution in [0.25, 0.3) is 11.3 Å². The molecular weight excluding hydrogens is 329 g/mol. The van der Waals surface area contributed by atoms with Crippen LogP contribution in [0.4, 0.5) is 4.39 Å². The highest BCUT2D eigenvalue weighted by molar-refractivity contribution is 7.10. The molecule has 2 amide bonds. The fraction of sp³-hybridized carbons (Fsp3) is 0.353. The Kier molecular flexibility index (Phi) is 4.89. The summed E-state index contributed by atoms with van der Waals surface area (Å²) in [6.07, 6.45) is 2.56. The molecule has 1 fully saturated rings. The van der Waals surface area contributed by atoms with Gasteiger partial charge in [0.25, 0.3) is 0 Å². The van der Waals surface area contributed by atoms with E-state index in [4.69, 9.17) is 5.73 Å². The van der Waals surface area contributed by atoms with Crippen molar-refractivity contribution >= 4 is 23.2 Å². The van der Waals surface area contributed by atoms with E-state index in [0.717, 1.165) is 30.5 Å². The Balaban J connectivity index is 1.61. The second-order valence-corrected chi connectivity index (χ2v) is 6.87. The lowest BCUT2D eigenvalue weighted by Crippen LogP contribution is -2.42. The zero-order chi connectivity index (χ0) is 17.1. The molecule has 1 heterocycles. The van der Waals surface area contributed by atoms with Crippen LogP contribution in [-0.4, -0.2) is 22.8 Å². The number of primary amides is 1. The summed E-state index contributed by atoms with van der Waals surface area (Å²) in [5.41, 5.74) is 6.90. The fourth-order valence-corrected chi connectivity index (χ4v) is 3.82. The Labute approximate surface area is 143 Å². The molecule has 126 valence electrons. The van der Waals surface area contributed by atoms with Crippen LogP contribution >= 0.6 is 11.3 Å². The quantitative estimate of drug-likeness (QED) is 0.870. The van der Waals surface area contributed by atoms with E-state index in [9.17, 15) is 14.0 Å². The summed E-state index contributed by atoms with van der Waals surface area (Å²) in [5.74, 6) is -1.09. The minimum atomic E-state index is -0.356. The number of halogens is 1. The molecule has 3 N–H and O–H groups in total. The van der Waals surface area contributed by atoms with E-state index in [-0.39, 0.29) is 36.0 Å². The first-order valence-electron chi connectivity index (χ1n) is 7.82. The van der Waals surface area contributed by atoms with Gasteiger partial charge >= 0.3 is 0 Å². The molecular formula is C17H18FN3O2S. The molecule has 7 heteroatoms. The first-order valence-corrected chi connectivity index (χ1v) is 8.70. The SMILES string of the molecule is NC(=O)[C@@H]1CCC[C@@H]1NC(=O)Cc1nc(-c2ccc(F)cc2)cs1. The number of carbonyl (C=O) groups is 2. The molecule has 5 nitrogen and oxygen atoms in total. The molecule has 1 aromatic heterocycles. The molecule has 0 unspecified atom stereocenters. The minimum absolute atomic E-state index is 0.159. The summed E-state index contributed by atoms with van der Waals surface area (Å²) in [5, 5.41) is 5.42. The van der Waals surface area contributed by atoms with Gasteiger partial charge in [0.05, 0.1) is 18.0 Å². The summed E-state index contributed by atoms with van der Waals surface area (Å²) in [6, 6.07) is 5.90. The van der Waals surface area contributed by atoms with Gasteiger partial charge < -0.3 is 11.1 Å². The second kappa shape index (κ2) is 7.09. The van der Waals surface area contributed by atoms with Crippen molar-refractivity contribution in [1.29, 1.82) is 0 Å². The Morgan fingerprint density at radius 1 is 1.29 bits per heavy atom. The molecule has 24 heavy (non-hydrogen) atoms. The van der Waals surface area contributed by atoms with Gasteiger partial charge in [0.1, 0.15) is 10.8 Å². The van der Waals surface area contributed by atoms with Gasteiger partial charge in [0.2, 0.25) is 11.8 Å². The highest BCUT2D eigenvalue weighted by Crippen LogP contribution is 2.26. The van der Waals surface area contributed by atoms with Crippen LogP contribution in [0, 0.1) is 11.7 Å². The number of aromatic nitrogens is 1. The lowest BCUT2D eigenvalue weighted by atomic mass is 10.0. The molecule has 2 aromatic rings. The van der Waals surface area contributed by atoms with E-state index in [1.54, 1.807) is 12.1 Å². The highest BCUT2D eigenvalue weighted by Gasteiger charge is 2.32. The van der Waals surface area contributed by atoms with E-state index in [0.29, 0.717) is 5.01 Å². The van der Waals surface area contributed by atoms with Gasteiger partial charge in [-0.25, -0.2) is 9.37 Å². The van der Waals surface area contributed by atoms with Crippen molar-refractivity contribution in [3.63, 3.8) is 0 Å². The average Bonchev–Trinajstić information content (AvgIpc) is 3.17. The first kappa shape index (κ1) is 16.6. The zero-order valence-electron chi connectivity index (χ0n) is 13.0. The molecule has 1 aliphatic carbocycles. The number of nitrogens with one attached hydrogen (secondary N) is 1. The summed E-state index contributed by atoms with van der Waals surface area (Å²) in [6.45, 7) is 0. The number of nitrogens with zero attached hydrogens (tertiary/aromatic N) is 1. The number of benzene rings is 1. The van der Waals surface area contributed by atoms with Crippen LogP contribution in [-0.2, 0) is 16.0 Å². The summed E-state index contributed by atoms with van der Waals surface area (Å²) >= 11 is 1.38. The van der Waals surface area contributed by atoms with Gasteiger partial charge in [-0.05, 0) is 37.1 Å². The summed E-state index contributed by atoms with van der Waals surface area (Å²) in [7, 11) is 0. The van der Waals surface area contributed by atoms with Crippen molar-refractivity contribution in [2.24, 2.45) is 11.7 Å². The maximum Gasteiger partial charge on any atom is 0.227 e. The third kappa shape index (κ3) is 3.79. The van der Waals surface area contributed by atoms with Crippen LogP contribution < -0.4 is 11.1 Å². The Hall–Kier alpha value is -2.28. The number of thiazole rings is 1. The molecule has 0 spiro atoms. The first-order chi connectivity index (χ1) is 11.5. The topological polar surface area (TPSA) is 85.1 Å². The molecule has 0 saturated heterocycles. The van der Waals surface area contributed by atoms with Crippen molar-refractivity contribution in [3.05, 3.63) is 40.5 Å². The predicted molar refractivity (Wildman–Crippen MR) is 89.7 cm³/mol. The van der Waals surface area contributed by atoms with Crippen LogP contribution in [0.5, 0.6) is 0 Å². The molecule has 0 bridgehead atoms. The lowest BCUT2D eigenvalue weighted by molar-refractivity contribution is -0.124. The second-order valence-electron chi connectivity index (χ2n) is 5.92. The van der Waals surface area contributed by atoms with E-state index in [2.05, 4.69) is 10.3 Å². The van der Waals surface area contributed by atoms with Gasteiger partial charge in [-0.2, -0.15) is 0 Å². The molecule has 3 rings (SSSR count).